The number of nitrogens with zero attached hydrogens (tertiary/aromatic N) is 2. The van der Waals surface area contributed by atoms with Gasteiger partial charge in [0.1, 0.15) is 0 Å². The summed E-state index contributed by atoms with van der Waals surface area (Å²) in [6.07, 6.45) is 6.85. The molecule has 0 aromatic carbocycles. The van der Waals surface area contributed by atoms with Crippen molar-refractivity contribution >= 4 is 31.2 Å². The van der Waals surface area contributed by atoms with Gasteiger partial charge >= 0.3 is 158 Å². The second-order valence-corrected chi connectivity index (χ2v) is 12.6. The van der Waals surface area contributed by atoms with Crippen LogP contribution in [-0.4, -0.2) is 30.6 Å². The molecule has 0 bridgehead atoms. The van der Waals surface area contributed by atoms with Crippen molar-refractivity contribution in [2.45, 2.75) is 70.0 Å². The molecule has 0 saturated carbocycles. The Bertz CT molecular complexity index is 636. The molecule has 6 heteroatoms. The van der Waals surface area contributed by atoms with Crippen LogP contribution in [0.25, 0.3) is 5.57 Å². The number of ketones is 1. The molecular formula is C19H29IN2O3. The van der Waals surface area contributed by atoms with Gasteiger partial charge in [-0.25, -0.2) is 0 Å². The molecule has 1 aliphatic rings. The van der Waals surface area contributed by atoms with E-state index in [0.29, 0.717) is 18.1 Å². The van der Waals surface area contributed by atoms with Crippen molar-refractivity contribution in [3.05, 3.63) is 27.9 Å². The maximum atomic E-state index is 11.1. The van der Waals surface area contributed by atoms with Crippen LogP contribution < -0.4 is 0 Å². The van der Waals surface area contributed by atoms with Crippen LogP contribution in [0, 0.1) is 0 Å². The monoisotopic (exact) mass is 460 g/mol. The molecule has 2 atom stereocenters. The fourth-order valence-electron chi connectivity index (χ4n) is 2.59. The first-order chi connectivity index (χ1) is 11.9. The van der Waals surface area contributed by atoms with Gasteiger partial charge in [-0.1, -0.05) is 0 Å². The van der Waals surface area contributed by atoms with Crippen LogP contribution in [-0.2, 0) is 9.53 Å². The summed E-state index contributed by atoms with van der Waals surface area (Å²) in [4.78, 5) is 15.6. The Labute approximate surface area is 157 Å². The van der Waals surface area contributed by atoms with Gasteiger partial charge in [-0.15, -0.1) is 0 Å². The number of hydrogen-bond donors (Lipinski definition) is 0. The van der Waals surface area contributed by atoms with Gasteiger partial charge in [-0.05, 0) is 0 Å². The van der Waals surface area contributed by atoms with Gasteiger partial charge in [0.25, 0.3) is 0 Å². The van der Waals surface area contributed by atoms with Crippen LogP contribution in [0.2, 0.25) is 0 Å². The number of allylic oxidation sites excluding steroid dienone is 2. The summed E-state index contributed by atoms with van der Waals surface area (Å²) in [6.45, 7) is 10.1. The van der Waals surface area contributed by atoms with E-state index in [2.05, 4.69) is 54.1 Å². The quantitative estimate of drug-likeness (QED) is 0.378. The van der Waals surface area contributed by atoms with E-state index in [9.17, 15) is 4.79 Å². The van der Waals surface area contributed by atoms with E-state index < -0.39 is 19.8 Å². The normalized spacial score (nSPS) is 20.0. The number of aromatic nitrogens is 2. The molecular weight excluding hydrogens is 431 g/mol. The van der Waals surface area contributed by atoms with Gasteiger partial charge < -0.3 is 0 Å². The summed E-state index contributed by atoms with van der Waals surface area (Å²) in [5, 5.41) is 4.16. The Balaban J connectivity index is 2.06. The van der Waals surface area contributed by atoms with Crippen molar-refractivity contribution in [3.63, 3.8) is 0 Å². The van der Waals surface area contributed by atoms with Crippen molar-refractivity contribution < 1.29 is 14.1 Å². The number of carbonyl (C=O) groups is 1. The third-order valence-electron chi connectivity index (χ3n) is 3.99. The number of alkyl halides is 2. The van der Waals surface area contributed by atoms with Crippen molar-refractivity contribution in [3.8, 4) is 0 Å². The number of ether oxygens (including phenoxy) is 1. The zero-order chi connectivity index (χ0) is 18.4. The van der Waals surface area contributed by atoms with Crippen LogP contribution in [0.1, 0.15) is 71.5 Å². The summed E-state index contributed by atoms with van der Waals surface area (Å²) in [6, 6.07) is 0. The van der Waals surface area contributed by atoms with Gasteiger partial charge in [-0.3, -0.25) is 0 Å². The molecule has 1 unspecified atom stereocenters. The number of hydrogen-bond acceptors (Lipinski definition) is 5. The van der Waals surface area contributed by atoms with E-state index in [4.69, 9.17) is 9.26 Å². The first kappa shape index (κ1) is 20.3. The van der Waals surface area contributed by atoms with Gasteiger partial charge in [0.05, 0.1) is 0 Å². The Morgan fingerprint density at radius 3 is 2.80 bits per heavy atom. The molecule has 0 spiro atoms. The molecule has 0 amide bonds. The average molecular weight is 460 g/mol. The van der Waals surface area contributed by atoms with Gasteiger partial charge in [0.2, 0.25) is 0 Å². The van der Waals surface area contributed by atoms with Crippen LogP contribution in [0.4, 0.5) is 0 Å². The van der Waals surface area contributed by atoms with Crippen LogP contribution >= 0.6 is 19.8 Å². The van der Waals surface area contributed by atoms with Crippen molar-refractivity contribution in [2.75, 3.05) is 4.43 Å². The number of halogens is 1. The Morgan fingerprint density at radius 2 is 2.16 bits per heavy atom. The summed E-state index contributed by atoms with van der Waals surface area (Å²) < 4.78 is 15.3. The van der Waals surface area contributed by atoms with Gasteiger partial charge in [0.15, 0.2) is 0 Å². The van der Waals surface area contributed by atoms with Gasteiger partial charge in [0, 0.05) is 0 Å². The molecule has 1 aromatic rings. The molecule has 0 saturated heterocycles. The molecule has 2 heterocycles. The van der Waals surface area contributed by atoms with E-state index in [0.717, 1.165) is 18.4 Å². The van der Waals surface area contributed by atoms with E-state index in [1.54, 1.807) is 6.92 Å². The van der Waals surface area contributed by atoms with Crippen LogP contribution in [0.15, 0.2) is 20.8 Å². The molecule has 0 N–H and O–H groups in total. The van der Waals surface area contributed by atoms with E-state index in [1.165, 1.54) is 4.43 Å². The number of carbonyl (C=O) groups excluding carboxylic acids is 1. The predicted molar refractivity (Wildman–Crippen MR) is 109 cm³/mol. The van der Waals surface area contributed by atoms with E-state index in [1.807, 2.05) is 0 Å². The average Bonchev–Trinajstić information content (AvgIpc) is 3.04. The summed E-state index contributed by atoms with van der Waals surface area (Å²) >= 11 is -1.26. The minimum atomic E-state index is -1.26. The van der Waals surface area contributed by atoms with E-state index >= 15 is 0 Å². The molecule has 5 nitrogen and oxygen atoms in total. The summed E-state index contributed by atoms with van der Waals surface area (Å²) in [5.74, 6) is 1.66. The molecule has 1 aliphatic heterocycles. The zero-order valence-electron chi connectivity index (χ0n) is 15.8. The molecule has 140 valence electrons. The third-order valence-corrected chi connectivity index (χ3v) is 9.26. The fraction of sp³-hybridized carbons (Fsp3) is 0.632. The first-order valence-electron chi connectivity index (χ1n) is 8.92. The molecule has 1 aromatic heterocycles. The summed E-state index contributed by atoms with van der Waals surface area (Å²) in [5.41, 5.74) is 0.985. The second-order valence-electron chi connectivity index (χ2n) is 6.60. The zero-order valence-corrected chi connectivity index (χ0v) is 17.9. The predicted octanol–water partition coefficient (Wildman–Crippen LogP) is 5.12. The SMILES string of the molecule is CCI1C=CC(c2noc([C@H](C)CCCC(C)=O)n2)=CC1OC(C)C. The fourth-order valence-corrected chi connectivity index (χ4v) is 7.04. The standard InChI is InChI=1S/C19H29IN2O3/c1-6-20-11-10-16(12-17(20)24-13(2)3)18-21-19(25-22-18)14(4)8-7-9-15(5)23/h10-14,17H,6-9H2,1-5H3/t14-,17?/m1/s1. The first-order valence-corrected chi connectivity index (χ1v) is 12.9. The van der Waals surface area contributed by atoms with Crippen LogP contribution in [0.3, 0.4) is 0 Å². The summed E-state index contributed by atoms with van der Waals surface area (Å²) in [7, 11) is 0. The minimum absolute atomic E-state index is 0.162. The molecule has 0 aliphatic carbocycles. The topological polar surface area (TPSA) is 65.2 Å². The molecule has 2 rings (SSSR count). The van der Waals surface area contributed by atoms with Gasteiger partial charge in [-0.2, -0.15) is 0 Å². The van der Waals surface area contributed by atoms with Crippen molar-refractivity contribution in [1.29, 1.82) is 0 Å². The second kappa shape index (κ2) is 9.62. The Kier molecular flexibility index (Phi) is 7.81. The van der Waals surface area contributed by atoms with E-state index in [-0.39, 0.29) is 21.9 Å². The number of rotatable bonds is 9. The molecule has 0 radical (unpaired) electrons. The van der Waals surface area contributed by atoms with Crippen molar-refractivity contribution in [1.82, 2.24) is 10.1 Å². The van der Waals surface area contributed by atoms with Crippen molar-refractivity contribution in [2.24, 2.45) is 0 Å². The Hall–Kier alpha value is -1.02. The Morgan fingerprint density at radius 1 is 1.40 bits per heavy atom. The maximum absolute atomic E-state index is 11.1. The molecule has 25 heavy (non-hydrogen) atoms. The number of Topliss-reactive ketones (excluding diaryl/α,β-unsaturated/α-hetero) is 1. The van der Waals surface area contributed by atoms with Crippen LogP contribution in [0.5, 0.6) is 0 Å². The molecule has 0 fully saturated rings. The third kappa shape index (κ3) is 6.02.